The third-order valence-electron chi connectivity index (χ3n) is 6.37. The zero-order valence-corrected chi connectivity index (χ0v) is 20.0. The zero-order valence-electron chi connectivity index (χ0n) is 20.0. The molecule has 35 heavy (non-hydrogen) atoms. The third-order valence-corrected chi connectivity index (χ3v) is 6.37. The number of esters is 1. The van der Waals surface area contributed by atoms with Crippen LogP contribution < -0.4 is 10.0 Å². The van der Waals surface area contributed by atoms with Gasteiger partial charge in [0.25, 0.3) is 11.8 Å². The number of carbonyl (C=O) groups is 4. The number of Topliss-reactive ketones (excluding diaryl/α,β-unsaturated/α-hetero) is 1. The number of ketones is 1. The molecule has 9 heteroatoms. The standard InChI is InChI=1S/C26H26N4O5/c1-5-35-24(33)22(17(3)31)26(18(4)28-30(25(26)34)20-14-10-7-11-15-20)21-16(2)27-29(23(21)32)19-12-8-6-9-13-19/h6-15,21-22H,5H2,1-4H3/t21-,22-,26-/m1/s1. The number of carbonyl (C=O) groups excluding carboxylic acids is 4. The summed E-state index contributed by atoms with van der Waals surface area (Å²) in [6.07, 6.45) is 0. The van der Waals surface area contributed by atoms with Crippen molar-refractivity contribution < 1.29 is 23.9 Å². The molecule has 9 nitrogen and oxygen atoms in total. The first-order valence-corrected chi connectivity index (χ1v) is 11.3. The number of hydrogen-bond donors (Lipinski definition) is 0. The molecule has 180 valence electrons. The fourth-order valence-electron chi connectivity index (χ4n) is 4.93. The Labute approximate surface area is 203 Å². The zero-order chi connectivity index (χ0) is 25.3. The topological polar surface area (TPSA) is 109 Å². The fraction of sp³-hybridized carbons (Fsp3) is 0.308. The van der Waals surface area contributed by atoms with Gasteiger partial charge in [0.05, 0.1) is 23.7 Å². The number of ether oxygens (including phenoxy) is 1. The van der Waals surface area contributed by atoms with E-state index in [4.69, 9.17) is 4.74 Å². The normalized spacial score (nSPS) is 22.7. The fourth-order valence-corrected chi connectivity index (χ4v) is 4.93. The van der Waals surface area contributed by atoms with Crippen molar-refractivity contribution in [2.45, 2.75) is 27.7 Å². The Morgan fingerprint density at radius 1 is 0.943 bits per heavy atom. The van der Waals surface area contributed by atoms with Crippen LogP contribution in [-0.2, 0) is 23.9 Å². The molecule has 0 aliphatic carbocycles. The summed E-state index contributed by atoms with van der Waals surface area (Å²) in [5, 5.41) is 11.3. The highest BCUT2D eigenvalue weighted by Crippen LogP contribution is 2.49. The summed E-state index contributed by atoms with van der Waals surface area (Å²) < 4.78 is 5.23. The summed E-state index contributed by atoms with van der Waals surface area (Å²) in [4.78, 5) is 54.3. The van der Waals surface area contributed by atoms with E-state index in [1.54, 1.807) is 81.4 Å². The molecule has 0 saturated heterocycles. The summed E-state index contributed by atoms with van der Waals surface area (Å²) in [6, 6.07) is 17.4. The van der Waals surface area contributed by atoms with Gasteiger partial charge >= 0.3 is 5.97 Å². The first kappa shape index (κ1) is 24.0. The van der Waals surface area contributed by atoms with Crippen LogP contribution in [0.4, 0.5) is 11.4 Å². The molecule has 4 rings (SSSR count). The maximum atomic E-state index is 14.2. The summed E-state index contributed by atoms with van der Waals surface area (Å²) in [5.74, 6) is -5.47. The van der Waals surface area contributed by atoms with Crippen LogP contribution >= 0.6 is 0 Å². The first-order valence-electron chi connectivity index (χ1n) is 11.3. The number of anilines is 2. The Morgan fingerprint density at radius 2 is 1.49 bits per heavy atom. The number of amides is 2. The van der Waals surface area contributed by atoms with Gasteiger partial charge in [-0.05, 0) is 52.0 Å². The van der Waals surface area contributed by atoms with Gasteiger partial charge in [-0.3, -0.25) is 19.2 Å². The third kappa shape index (κ3) is 3.73. The molecule has 2 aliphatic heterocycles. The maximum absolute atomic E-state index is 14.2. The van der Waals surface area contributed by atoms with E-state index < -0.39 is 40.8 Å². The molecular formula is C26H26N4O5. The van der Waals surface area contributed by atoms with E-state index in [0.717, 1.165) is 5.01 Å². The van der Waals surface area contributed by atoms with Crippen molar-refractivity contribution in [2.24, 2.45) is 27.5 Å². The van der Waals surface area contributed by atoms with Gasteiger partial charge in [-0.25, -0.2) is 5.01 Å². The van der Waals surface area contributed by atoms with E-state index in [0.29, 0.717) is 17.1 Å². The van der Waals surface area contributed by atoms with Crippen LogP contribution in [0.5, 0.6) is 0 Å². The minimum absolute atomic E-state index is 0.00724. The molecule has 2 aliphatic rings. The van der Waals surface area contributed by atoms with E-state index in [2.05, 4.69) is 10.2 Å². The largest absolute Gasteiger partial charge is 0.465 e. The predicted molar refractivity (Wildman–Crippen MR) is 131 cm³/mol. The van der Waals surface area contributed by atoms with Crippen LogP contribution in [-0.4, -0.2) is 41.6 Å². The van der Waals surface area contributed by atoms with Gasteiger partial charge in [-0.1, -0.05) is 36.4 Å². The van der Waals surface area contributed by atoms with Crippen LogP contribution in [0.15, 0.2) is 70.9 Å². The molecule has 0 radical (unpaired) electrons. The van der Waals surface area contributed by atoms with Crippen LogP contribution in [0.3, 0.4) is 0 Å². The summed E-state index contributed by atoms with van der Waals surface area (Å²) in [6.45, 7) is 6.01. The first-order chi connectivity index (χ1) is 16.7. The minimum atomic E-state index is -1.93. The van der Waals surface area contributed by atoms with Crippen molar-refractivity contribution in [1.29, 1.82) is 0 Å². The number of hydrazone groups is 2. The lowest BCUT2D eigenvalue weighted by atomic mass is 9.60. The molecule has 2 aromatic rings. The van der Waals surface area contributed by atoms with Crippen molar-refractivity contribution in [1.82, 2.24) is 0 Å². The van der Waals surface area contributed by atoms with Crippen molar-refractivity contribution in [2.75, 3.05) is 16.6 Å². The van der Waals surface area contributed by atoms with E-state index in [1.165, 1.54) is 11.9 Å². The van der Waals surface area contributed by atoms with Gasteiger partial charge in [-0.15, -0.1) is 0 Å². The highest BCUT2D eigenvalue weighted by atomic mass is 16.5. The predicted octanol–water partition coefficient (Wildman–Crippen LogP) is 3.20. The number of rotatable bonds is 7. The van der Waals surface area contributed by atoms with Crippen LogP contribution in [0, 0.1) is 17.3 Å². The monoisotopic (exact) mass is 474 g/mol. The number of para-hydroxylation sites is 2. The van der Waals surface area contributed by atoms with Gasteiger partial charge in [-0.2, -0.15) is 15.2 Å². The SMILES string of the molecule is CCOC(=O)[C@@H](C(C)=O)[C@@]1([C@H]2C(=O)N(c3ccccc3)N=C2C)C(=O)N(c2ccccc2)N=C1C. The summed E-state index contributed by atoms with van der Waals surface area (Å²) in [5.41, 5.74) is -0.508. The van der Waals surface area contributed by atoms with Crippen molar-refractivity contribution in [3.8, 4) is 0 Å². The van der Waals surface area contributed by atoms with Gasteiger partial charge in [0.15, 0.2) is 0 Å². The minimum Gasteiger partial charge on any atom is -0.465 e. The van der Waals surface area contributed by atoms with E-state index >= 15 is 0 Å². The molecule has 0 unspecified atom stereocenters. The van der Waals surface area contributed by atoms with Crippen molar-refractivity contribution in [3.63, 3.8) is 0 Å². The molecule has 2 amide bonds. The van der Waals surface area contributed by atoms with Gasteiger partial charge in [0.1, 0.15) is 23.0 Å². The molecule has 0 saturated carbocycles. The summed E-state index contributed by atoms with van der Waals surface area (Å²) in [7, 11) is 0. The lowest BCUT2D eigenvalue weighted by molar-refractivity contribution is -0.159. The smallest absolute Gasteiger partial charge is 0.318 e. The second-order valence-corrected chi connectivity index (χ2v) is 8.46. The van der Waals surface area contributed by atoms with Gasteiger partial charge in [0.2, 0.25) is 0 Å². The molecular weight excluding hydrogens is 448 g/mol. The van der Waals surface area contributed by atoms with Crippen LogP contribution in [0.1, 0.15) is 27.7 Å². The Morgan fingerprint density at radius 3 is 2.00 bits per heavy atom. The quantitative estimate of drug-likeness (QED) is 0.452. The lowest BCUT2D eigenvalue weighted by Crippen LogP contribution is -2.59. The highest BCUT2D eigenvalue weighted by Gasteiger charge is 2.68. The summed E-state index contributed by atoms with van der Waals surface area (Å²) >= 11 is 0. The van der Waals surface area contributed by atoms with Crippen LogP contribution in [0.25, 0.3) is 0 Å². The second-order valence-electron chi connectivity index (χ2n) is 8.46. The molecule has 2 aromatic carbocycles. The average molecular weight is 475 g/mol. The molecule has 0 aromatic heterocycles. The highest BCUT2D eigenvalue weighted by molar-refractivity contribution is 6.31. The molecule has 0 spiro atoms. The van der Waals surface area contributed by atoms with E-state index in [9.17, 15) is 19.2 Å². The number of benzene rings is 2. The second kappa shape index (κ2) is 9.25. The number of nitrogens with zero attached hydrogens (tertiary/aromatic N) is 4. The molecule has 2 heterocycles. The van der Waals surface area contributed by atoms with Crippen molar-refractivity contribution in [3.05, 3.63) is 60.7 Å². The molecule has 3 atom stereocenters. The Kier molecular flexibility index (Phi) is 6.34. The Balaban J connectivity index is 1.92. The van der Waals surface area contributed by atoms with E-state index in [-0.39, 0.29) is 12.3 Å². The van der Waals surface area contributed by atoms with E-state index in [1.807, 2.05) is 0 Å². The Bertz CT molecular complexity index is 1240. The molecule has 0 fully saturated rings. The average Bonchev–Trinajstić information content (AvgIpc) is 3.28. The van der Waals surface area contributed by atoms with Gasteiger partial charge < -0.3 is 4.74 Å². The lowest BCUT2D eigenvalue weighted by Gasteiger charge is -2.37. The Hall–Kier alpha value is -4.14. The maximum Gasteiger partial charge on any atom is 0.318 e. The number of hydrogen-bond acceptors (Lipinski definition) is 7. The van der Waals surface area contributed by atoms with Crippen LogP contribution in [0.2, 0.25) is 0 Å². The molecule has 0 bridgehead atoms. The van der Waals surface area contributed by atoms with Crippen molar-refractivity contribution >= 4 is 46.4 Å². The van der Waals surface area contributed by atoms with Gasteiger partial charge in [0, 0.05) is 5.71 Å². The molecule has 0 N–H and O–H groups in total.